The van der Waals surface area contributed by atoms with Gasteiger partial charge in [-0.2, -0.15) is 0 Å². The van der Waals surface area contributed by atoms with Gasteiger partial charge in [-0.15, -0.1) is 0 Å². The zero-order valence-electron chi connectivity index (χ0n) is 7.89. The van der Waals surface area contributed by atoms with E-state index in [1.807, 2.05) is 0 Å². The Morgan fingerprint density at radius 2 is 2.36 bits per heavy atom. The molecule has 0 aliphatic rings. The number of hydrogen-bond acceptors (Lipinski definition) is 4. The number of aromatic nitrogens is 1. The van der Waals surface area contributed by atoms with E-state index in [-0.39, 0.29) is 5.71 Å². The van der Waals surface area contributed by atoms with Gasteiger partial charge in [-0.1, -0.05) is 5.16 Å². The number of aliphatic carboxylic acids is 1. The summed E-state index contributed by atoms with van der Waals surface area (Å²) in [4.78, 5) is 19.2. The van der Waals surface area contributed by atoms with Crippen LogP contribution in [0, 0.1) is 6.92 Å². The molecule has 0 bridgehead atoms. The molecule has 5 heteroatoms. The Balaban J connectivity index is 3.19. The van der Waals surface area contributed by atoms with Gasteiger partial charge in [-0.05, 0) is 19.1 Å². The van der Waals surface area contributed by atoms with E-state index in [9.17, 15) is 4.79 Å². The lowest BCUT2D eigenvalue weighted by Crippen LogP contribution is -2.16. The minimum Gasteiger partial charge on any atom is -0.476 e. The molecule has 0 fully saturated rings. The molecule has 0 unspecified atom stereocenters. The third-order valence-electron chi connectivity index (χ3n) is 1.65. The monoisotopic (exact) mass is 194 g/mol. The van der Waals surface area contributed by atoms with Crippen LogP contribution in [0.5, 0.6) is 0 Å². The summed E-state index contributed by atoms with van der Waals surface area (Å²) >= 11 is 0. The molecule has 5 nitrogen and oxygen atoms in total. The molecule has 0 atom stereocenters. The van der Waals surface area contributed by atoms with Crippen LogP contribution in [0.4, 0.5) is 0 Å². The first-order valence-corrected chi connectivity index (χ1v) is 3.93. The maximum Gasteiger partial charge on any atom is 0.358 e. The molecule has 1 N–H and O–H groups in total. The zero-order valence-corrected chi connectivity index (χ0v) is 7.89. The SMILES string of the molecule is CO/N=C(/C(=O)O)c1cccnc1C. The molecule has 0 spiro atoms. The maximum absolute atomic E-state index is 10.8. The Hall–Kier alpha value is -1.91. The van der Waals surface area contributed by atoms with E-state index < -0.39 is 5.97 Å². The molecule has 0 aliphatic carbocycles. The lowest BCUT2D eigenvalue weighted by Gasteiger charge is -2.02. The number of aryl methyl sites for hydroxylation is 1. The number of pyridine rings is 1. The molecule has 1 heterocycles. The normalized spacial score (nSPS) is 11.1. The summed E-state index contributed by atoms with van der Waals surface area (Å²) in [5.74, 6) is -1.14. The number of nitrogens with zero attached hydrogens (tertiary/aromatic N) is 2. The number of carboxylic acids is 1. The van der Waals surface area contributed by atoms with Gasteiger partial charge in [0.25, 0.3) is 0 Å². The highest BCUT2D eigenvalue weighted by Crippen LogP contribution is 2.06. The van der Waals surface area contributed by atoms with E-state index in [1.165, 1.54) is 7.11 Å². The van der Waals surface area contributed by atoms with Crippen molar-refractivity contribution in [3.05, 3.63) is 29.6 Å². The molecule has 0 aromatic carbocycles. The van der Waals surface area contributed by atoms with Crippen molar-refractivity contribution in [2.45, 2.75) is 6.92 Å². The summed E-state index contributed by atoms with van der Waals surface area (Å²) in [6.45, 7) is 1.71. The van der Waals surface area contributed by atoms with Crippen molar-refractivity contribution in [3.63, 3.8) is 0 Å². The fourth-order valence-electron chi connectivity index (χ4n) is 1.03. The Kier molecular flexibility index (Phi) is 3.17. The van der Waals surface area contributed by atoms with Gasteiger partial charge in [-0.25, -0.2) is 4.79 Å². The highest BCUT2D eigenvalue weighted by Gasteiger charge is 2.15. The Labute approximate surface area is 81.0 Å². The Morgan fingerprint density at radius 1 is 1.64 bits per heavy atom. The van der Waals surface area contributed by atoms with E-state index in [2.05, 4.69) is 15.0 Å². The first kappa shape index (κ1) is 10.2. The van der Waals surface area contributed by atoms with Gasteiger partial charge in [0, 0.05) is 17.5 Å². The number of oxime groups is 1. The van der Waals surface area contributed by atoms with E-state index in [4.69, 9.17) is 5.11 Å². The minimum absolute atomic E-state index is 0.141. The van der Waals surface area contributed by atoms with Gasteiger partial charge in [0.1, 0.15) is 7.11 Å². The number of carbonyl (C=O) groups is 1. The molecule has 0 amide bonds. The third kappa shape index (κ3) is 2.07. The molecule has 0 saturated heterocycles. The first-order valence-electron chi connectivity index (χ1n) is 3.93. The van der Waals surface area contributed by atoms with Crippen molar-refractivity contribution in [1.29, 1.82) is 0 Å². The minimum atomic E-state index is -1.14. The van der Waals surface area contributed by atoms with Crippen LogP contribution in [0.3, 0.4) is 0 Å². The smallest absolute Gasteiger partial charge is 0.358 e. The third-order valence-corrected chi connectivity index (χ3v) is 1.65. The molecule has 1 aromatic rings. The van der Waals surface area contributed by atoms with Gasteiger partial charge >= 0.3 is 5.97 Å². The molecule has 74 valence electrons. The van der Waals surface area contributed by atoms with E-state index in [0.29, 0.717) is 11.3 Å². The highest BCUT2D eigenvalue weighted by atomic mass is 16.6. The molecule has 0 aliphatic heterocycles. The molecule has 1 aromatic heterocycles. The van der Waals surface area contributed by atoms with Crippen molar-refractivity contribution in [2.75, 3.05) is 7.11 Å². The maximum atomic E-state index is 10.8. The summed E-state index contributed by atoms with van der Waals surface area (Å²) in [6.07, 6.45) is 1.59. The van der Waals surface area contributed by atoms with Crippen molar-refractivity contribution < 1.29 is 14.7 Å². The van der Waals surface area contributed by atoms with Gasteiger partial charge in [-0.3, -0.25) is 4.98 Å². The van der Waals surface area contributed by atoms with Crippen molar-refractivity contribution in [3.8, 4) is 0 Å². The van der Waals surface area contributed by atoms with E-state index in [0.717, 1.165) is 0 Å². The summed E-state index contributed by atoms with van der Waals surface area (Å²) in [7, 11) is 1.30. The van der Waals surface area contributed by atoms with Gasteiger partial charge in [0.2, 0.25) is 0 Å². The second-order valence-electron chi connectivity index (χ2n) is 2.56. The van der Waals surface area contributed by atoms with Crippen LogP contribution in [0.15, 0.2) is 23.5 Å². The second-order valence-corrected chi connectivity index (χ2v) is 2.56. The molecular formula is C9H10N2O3. The lowest BCUT2D eigenvalue weighted by molar-refractivity contribution is -0.129. The number of hydrogen-bond donors (Lipinski definition) is 1. The first-order chi connectivity index (χ1) is 6.66. The largest absolute Gasteiger partial charge is 0.476 e. The standard InChI is InChI=1S/C9H10N2O3/c1-6-7(4-3-5-10-6)8(9(12)13)11-14-2/h3-5H,1-2H3,(H,12,13)/b11-8+. The zero-order chi connectivity index (χ0) is 10.6. The quantitative estimate of drug-likeness (QED) is 0.571. The van der Waals surface area contributed by atoms with Gasteiger partial charge in [0.15, 0.2) is 5.71 Å². The summed E-state index contributed by atoms with van der Waals surface area (Å²) in [5.41, 5.74) is 0.922. The molecule has 0 radical (unpaired) electrons. The highest BCUT2D eigenvalue weighted by molar-refractivity contribution is 6.42. The predicted molar refractivity (Wildman–Crippen MR) is 50.2 cm³/mol. The average Bonchev–Trinajstić information content (AvgIpc) is 2.15. The molecule has 0 saturated carbocycles. The van der Waals surface area contributed by atoms with Crippen LogP contribution in [0.1, 0.15) is 11.3 Å². The van der Waals surface area contributed by atoms with Crippen LogP contribution in [-0.4, -0.2) is 28.9 Å². The van der Waals surface area contributed by atoms with Crippen LogP contribution >= 0.6 is 0 Å². The average molecular weight is 194 g/mol. The second kappa shape index (κ2) is 4.36. The summed E-state index contributed by atoms with van der Waals surface area (Å²) in [5, 5.41) is 12.3. The Morgan fingerprint density at radius 3 is 2.86 bits per heavy atom. The molecule has 14 heavy (non-hydrogen) atoms. The van der Waals surface area contributed by atoms with E-state index >= 15 is 0 Å². The fourth-order valence-corrected chi connectivity index (χ4v) is 1.03. The van der Waals surface area contributed by atoms with Gasteiger partial charge < -0.3 is 9.94 Å². The summed E-state index contributed by atoms with van der Waals surface area (Å²) in [6, 6.07) is 3.28. The van der Waals surface area contributed by atoms with Crippen LogP contribution in [0.25, 0.3) is 0 Å². The molecule has 1 rings (SSSR count). The topological polar surface area (TPSA) is 71.8 Å². The lowest BCUT2D eigenvalue weighted by atomic mass is 10.1. The van der Waals surface area contributed by atoms with Crippen molar-refractivity contribution in [2.24, 2.45) is 5.16 Å². The number of rotatable bonds is 3. The summed E-state index contributed by atoms with van der Waals surface area (Å²) < 4.78 is 0. The Bertz CT molecular complexity index is 374. The number of carboxylic acid groups (broad SMARTS) is 1. The van der Waals surface area contributed by atoms with Crippen molar-refractivity contribution in [1.82, 2.24) is 4.98 Å². The predicted octanol–water partition coefficient (Wildman–Crippen LogP) is 0.825. The van der Waals surface area contributed by atoms with Crippen LogP contribution < -0.4 is 0 Å². The van der Waals surface area contributed by atoms with Crippen LogP contribution in [0.2, 0.25) is 0 Å². The fraction of sp³-hybridized carbons (Fsp3) is 0.222. The van der Waals surface area contributed by atoms with Crippen molar-refractivity contribution >= 4 is 11.7 Å². The van der Waals surface area contributed by atoms with Gasteiger partial charge in [0.05, 0.1) is 0 Å². The van der Waals surface area contributed by atoms with Crippen LogP contribution in [-0.2, 0) is 9.63 Å². The molecular weight excluding hydrogens is 184 g/mol. The van der Waals surface area contributed by atoms with E-state index in [1.54, 1.807) is 25.3 Å².